The molecule has 0 aliphatic rings. The Balaban J connectivity index is -0.000000245. The fourth-order valence-corrected chi connectivity index (χ4v) is 1.20. The number of hydrogen-bond donors (Lipinski definition) is 1. The number of hydrogen-bond acceptors (Lipinski definition) is 2. The molecule has 9 heavy (non-hydrogen) atoms. The van der Waals surface area contributed by atoms with Crippen LogP contribution < -0.4 is 35.3 Å². The molecule has 2 N–H and O–H groups in total. The number of rotatable bonds is 3. The molecule has 50 valence electrons. The van der Waals surface area contributed by atoms with Gasteiger partial charge in [0.2, 0.25) is 0 Å². The average Bonchev–Trinajstić information content (AvgIpc) is 1.66. The normalized spacial score (nSPS) is 8.11. The van der Waals surface area contributed by atoms with Crippen molar-refractivity contribution in [2.45, 2.75) is 19.8 Å². The minimum Gasteiger partial charge on any atom is -1.00 e. The van der Waals surface area contributed by atoms with Crippen LogP contribution in [0.1, 0.15) is 21.2 Å². The SMILES string of the molecule is CCCCSC(N)=S.[H-].[Na+]. The average molecular weight is 173 g/mol. The largest absolute Gasteiger partial charge is 1.00 e. The number of unbranched alkanes of at least 4 members (excludes halogenated alkanes) is 1. The third kappa shape index (κ3) is 12.4. The zero-order chi connectivity index (χ0) is 6.41. The number of thioether (sulfide) groups is 1. The molecule has 0 spiro atoms. The second-order valence-electron chi connectivity index (χ2n) is 1.52. The van der Waals surface area contributed by atoms with Gasteiger partial charge in [-0.3, -0.25) is 0 Å². The summed E-state index contributed by atoms with van der Waals surface area (Å²) in [6.07, 6.45) is 2.43. The molecule has 0 saturated heterocycles. The summed E-state index contributed by atoms with van der Waals surface area (Å²) < 4.78 is 0.568. The van der Waals surface area contributed by atoms with E-state index in [0.717, 1.165) is 5.75 Å². The van der Waals surface area contributed by atoms with Gasteiger partial charge in [-0.05, 0) is 6.42 Å². The molecular weight excluding hydrogens is 161 g/mol. The zero-order valence-corrected chi connectivity index (χ0v) is 9.65. The Bertz CT molecular complexity index is 82.0. The molecule has 0 aliphatic heterocycles. The Morgan fingerprint density at radius 3 is 2.67 bits per heavy atom. The smallest absolute Gasteiger partial charge is 1.00 e. The molecule has 0 aromatic carbocycles. The van der Waals surface area contributed by atoms with Gasteiger partial charge in [0.25, 0.3) is 0 Å². The molecule has 1 nitrogen and oxygen atoms in total. The maximum Gasteiger partial charge on any atom is 1.00 e. The van der Waals surface area contributed by atoms with Crippen LogP contribution in [0.2, 0.25) is 0 Å². The zero-order valence-electron chi connectivity index (χ0n) is 7.02. The van der Waals surface area contributed by atoms with E-state index in [1.54, 1.807) is 11.8 Å². The molecule has 0 unspecified atom stereocenters. The van der Waals surface area contributed by atoms with E-state index >= 15 is 0 Å². The maximum atomic E-state index is 5.23. The van der Waals surface area contributed by atoms with Crippen LogP contribution in [-0.4, -0.2) is 10.1 Å². The molecule has 0 atom stereocenters. The van der Waals surface area contributed by atoms with E-state index in [9.17, 15) is 0 Å². The molecule has 4 heteroatoms. The van der Waals surface area contributed by atoms with E-state index in [4.69, 9.17) is 5.73 Å². The monoisotopic (exact) mass is 173 g/mol. The van der Waals surface area contributed by atoms with Crippen LogP contribution in [-0.2, 0) is 0 Å². The fourth-order valence-electron chi connectivity index (χ4n) is 0.317. The summed E-state index contributed by atoms with van der Waals surface area (Å²) in [4.78, 5) is 0. The van der Waals surface area contributed by atoms with Crippen LogP contribution in [0.25, 0.3) is 0 Å². The summed E-state index contributed by atoms with van der Waals surface area (Å²) in [5.74, 6) is 1.08. The molecule has 0 aliphatic carbocycles. The van der Waals surface area contributed by atoms with E-state index in [1.807, 2.05) is 0 Å². The minimum atomic E-state index is 0. The third-order valence-electron chi connectivity index (χ3n) is 0.742. The molecule has 0 aromatic rings. The van der Waals surface area contributed by atoms with Crippen molar-refractivity contribution in [3.63, 3.8) is 0 Å². The molecule has 0 fully saturated rings. The summed E-state index contributed by atoms with van der Waals surface area (Å²) in [5, 5.41) is 0. The van der Waals surface area contributed by atoms with Crippen molar-refractivity contribution < 1.29 is 31.0 Å². The summed E-state index contributed by atoms with van der Waals surface area (Å²) in [5.41, 5.74) is 5.23. The molecule has 0 rings (SSSR count). The summed E-state index contributed by atoms with van der Waals surface area (Å²) in [6, 6.07) is 0. The van der Waals surface area contributed by atoms with Crippen molar-refractivity contribution in [3.05, 3.63) is 0 Å². The summed E-state index contributed by atoms with van der Waals surface area (Å²) >= 11 is 6.21. The van der Waals surface area contributed by atoms with Gasteiger partial charge in [0.1, 0.15) is 4.32 Å². The summed E-state index contributed by atoms with van der Waals surface area (Å²) in [6.45, 7) is 2.15. The second kappa shape index (κ2) is 9.24. The fraction of sp³-hybridized carbons (Fsp3) is 0.800. The molecule has 0 bridgehead atoms. The van der Waals surface area contributed by atoms with Gasteiger partial charge in [0, 0.05) is 5.75 Å². The molecule has 0 aromatic heterocycles. The van der Waals surface area contributed by atoms with Crippen molar-refractivity contribution in [1.82, 2.24) is 0 Å². The first kappa shape index (κ1) is 12.9. The third-order valence-corrected chi connectivity index (χ3v) is 1.87. The van der Waals surface area contributed by atoms with Gasteiger partial charge in [-0.1, -0.05) is 37.3 Å². The summed E-state index contributed by atoms with van der Waals surface area (Å²) in [7, 11) is 0. The van der Waals surface area contributed by atoms with Crippen LogP contribution in [0.4, 0.5) is 0 Å². The van der Waals surface area contributed by atoms with E-state index in [0.29, 0.717) is 4.32 Å². The van der Waals surface area contributed by atoms with E-state index < -0.39 is 0 Å². The molecule has 0 radical (unpaired) electrons. The minimum absolute atomic E-state index is 0. The first-order valence-corrected chi connectivity index (χ1v) is 4.09. The van der Waals surface area contributed by atoms with Crippen molar-refractivity contribution in [2.75, 3.05) is 5.75 Å². The predicted octanol–water partition coefficient (Wildman–Crippen LogP) is -1.12. The van der Waals surface area contributed by atoms with Crippen LogP contribution in [0.3, 0.4) is 0 Å². The molecular formula is C5H12NNaS2. The molecule has 0 heterocycles. The Morgan fingerprint density at radius 2 is 2.33 bits per heavy atom. The maximum absolute atomic E-state index is 5.23. The van der Waals surface area contributed by atoms with Gasteiger partial charge in [-0.2, -0.15) is 0 Å². The van der Waals surface area contributed by atoms with Gasteiger partial charge < -0.3 is 7.16 Å². The van der Waals surface area contributed by atoms with Crippen LogP contribution in [0.15, 0.2) is 0 Å². The second-order valence-corrected chi connectivity index (χ2v) is 3.36. The first-order valence-electron chi connectivity index (χ1n) is 2.69. The van der Waals surface area contributed by atoms with Gasteiger partial charge in [-0.15, -0.1) is 0 Å². The van der Waals surface area contributed by atoms with Crippen molar-refractivity contribution in [2.24, 2.45) is 5.73 Å². The van der Waals surface area contributed by atoms with E-state index in [1.165, 1.54) is 12.8 Å². The van der Waals surface area contributed by atoms with Gasteiger partial charge >= 0.3 is 29.6 Å². The number of thiocarbonyl (C=S) groups is 1. The first-order chi connectivity index (χ1) is 3.77. The van der Waals surface area contributed by atoms with Gasteiger partial charge in [0.05, 0.1) is 0 Å². The van der Waals surface area contributed by atoms with E-state index in [-0.39, 0.29) is 31.0 Å². The molecule has 0 amide bonds. The Kier molecular flexibility index (Phi) is 13.2. The topological polar surface area (TPSA) is 26.0 Å². The Hall–Kier alpha value is 1.24. The molecule has 0 saturated carbocycles. The Labute approximate surface area is 89.9 Å². The standard InChI is InChI=1S/C5H11NS2.Na.H/c1-2-3-4-8-5(6)7;;/h2-4H2,1H3,(H2,6,7);;/q;+1;-1. The van der Waals surface area contributed by atoms with Crippen molar-refractivity contribution >= 4 is 28.3 Å². The van der Waals surface area contributed by atoms with Crippen LogP contribution in [0.5, 0.6) is 0 Å². The van der Waals surface area contributed by atoms with Crippen molar-refractivity contribution in [3.8, 4) is 0 Å². The van der Waals surface area contributed by atoms with Crippen LogP contribution >= 0.6 is 24.0 Å². The Morgan fingerprint density at radius 1 is 1.78 bits per heavy atom. The quantitative estimate of drug-likeness (QED) is 0.333. The van der Waals surface area contributed by atoms with Gasteiger partial charge in [-0.25, -0.2) is 0 Å². The van der Waals surface area contributed by atoms with Crippen LogP contribution in [0, 0.1) is 0 Å². The number of nitrogens with two attached hydrogens (primary N) is 1. The van der Waals surface area contributed by atoms with Crippen molar-refractivity contribution in [1.29, 1.82) is 0 Å². The predicted molar refractivity (Wildman–Crippen MR) is 45.3 cm³/mol. The van der Waals surface area contributed by atoms with Gasteiger partial charge in [0.15, 0.2) is 0 Å². The van der Waals surface area contributed by atoms with E-state index in [2.05, 4.69) is 19.1 Å².